The van der Waals surface area contributed by atoms with Gasteiger partial charge in [0.25, 0.3) is 0 Å². The summed E-state index contributed by atoms with van der Waals surface area (Å²) in [6.07, 6.45) is 11.9. The average molecular weight is 268 g/mol. The molecule has 0 rings (SSSR count). The zero-order chi connectivity index (χ0) is 14.7. The van der Waals surface area contributed by atoms with Crippen molar-refractivity contribution in [1.82, 2.24) is 0 Å². The van der Waals surface area contributed by atoms with Gasteiger partial charge in [-0.3, -0.25) is 0 Å². The van der Waals surface area contributed by atoms with Gasteiger partial charge in [-0.15, -0.1) is 0 Å². The molecule has 0 aliphatic rings. The van der Waals surface area contributed by atoms with Crippen LogP contribution in [0.5, 0.6) is 0 Å². The second-order valence-corrected chi connectivity index (χ2v) is 6.95. The lowest BCUT2D eigenvalue weighted by atomic mass is 9.90. The molecule has 0 aromatic carbocycles. The standard InChI is InChI=1S/C18H37N/c1-6-18(14-13-17(5)19)12-8-11-16(4)10-7-9-15(2)3/h15-16,18-19H,6-14H2,1-5H3. The molecule has 0 amide bonds. The van der Waals surface area contributed by atoms with Crippen molar-refractivity contribution in [3.05, 3.63) is 0 Å². The summed E-state index contributed by atoms with van der Waals surface area (Å²) in [5.74, 6) is 2.62. The highest BCUT2D eigenvalue weighted by atomic mass is 14.4. The Hall–Kier alpha value is -0.330. The maximum Gasteiger partial charge on any atom is 0.00583 e. The molecule has 0 fully saturated rings. The second kappa shape index (κ2) is 11.5. The molecule has 0 bridgehead atoms. The molecule has 0 saturated carbocycles. The zero-order valence-electron chi connectivity index (χ0n) is 14.1. The van der Waals surface area contributed by atoms with E-state index in [1.54, 1.807) is 0 Å². The molecule has 0 heterocycles. The fraction of sp³-hybridized carbons (Fsp3) is 0.944. The van der Waals surface area contributed by atoms with Gasteiger partial charge < -0.3 is 5.41 Å². The van der Waals surface area contributed by atoms with E-state index < -0.39 is 0 Å². The van der Waals surface area contributed by atoms with Crippen LogP contribution in [0.3, 0.4) is 0 Å². The van der Waals surface area contributed by atoms with Crippen molar-refractivity contribution < 1.29 is 0 Å². The Kier molecular flexibility index (Phi) is 11.3. The zero-order valence-corrected chi connectivity index (χ0v) is 14.1. The highest BCUT2D eigenvalue weighted by molar-refractivity contribution is 5.78. The molecule has 2 unspecified atom stereocenters. The molecular formula is C18H37N. The number of rotatable bonds is 12. The van der Waals surface area contributed by atoms with Gasteiger partial charge in [-0.25, -0.2) is 0 Å². The van der Waals surface area contributed by atoms with Gasteiger partial charge in [-0.1, -0.05) is 72.6 Å². The van der Waals surface area contributed by atoms with Gasteiger partial charge in [0.2, 0.25) is 0 Å². The van der Waals surface area contributed by atoms with E-state index in [4.69, 9.17) is 5.41 Å². The van der Waals surface area contributed by atoms with E-state index in [1.165, 1.54) is 51.4 Å². The van der Waals surface area contributed by atoms with E-state index >= 15 is 0 Å². The number of nitrogens with one attached hydrogen (secondary N) is 1. The monoisotopic (exact) mass is 267 g/mol. The summed E-state index contributed by atoms with van der Waals surface area (Å²) >= 11 is 0. The van der Waals surface area contributed by atoms with Crippen molar-refractivity contribution in [1.29, 1.82) is 5.41 Å². The van der Waals surface area contributed by atoms with Crippen molar-refractivity contribution in [3.63, 3.8) is 0 Å². The summed E-state index contributed by atoms with van der Waals surface area (Å²) in [7, 11) is 0. The molecule has 0 aromatic rings. The minimum atomic E-state index is 0.848. The second-order valence-electron chi connectivity index (χ2n) is 6.95. The lowest BCUT2D eigenvalue weighted by Crippen LogP contribution is -2.04. The van der Waals surface area contributed by atoms with E-state index in [9.17, 15) is 0 Å². The van der Waals surface area contributed by atoms with Crippen LogP contribution in [0.25, 0.3) is 0 Å². The summed E-state index contributed by atoms with van der Waals surface area (Å²) in [6.45, 7) is 11.3. The van der Waals surface area contributed by atoms with Crippen molar-refractivity contribution in [2.75, 3.05) is 0 Å². The molecule has 0 aliphatic carbocycles. The predicted molar refractivity (Wildman–Crippen MR) is 88.1 cm³/mol. The minimum absolute atomic E-state index is 0.848. The third-order valence-electron chi connectivity index (χ3n) is 4.29. The van der Waals surface area contributed by atoms with Crippen LogP contribution < -0.4 is 0 Å². The van der Waals surface area contributed by atoms with Crippen LogP contribution in [-0.2, 0) is 0 Å². The SMILES string of the molecule is CCC(CCCC(C)CCCC(C)C)CCC(C)=N. The molecule has 0 radical (unpaired) electrons. The predicted octanol–water partition coefficient (Wildman–Crippen LogP) is 6.47. The van der Waals surface area contributed by atoms with Crippen molar-refractivity contribution in [2.45, 2.75) is 92.4 Å². The number of hydrogen-bond donors (Lipinski definition) is 1. The maximum absolute atomic E-state index is 7.52. The van der Waals surface area contributed by atoms with E-state index in [1.807, 2.05) is 6.92 Å². The largest absolute Gasteiger partial charge is 0.310 e. The minimum Gasteiger partial charge on any atom is -0.310 e. The Labute approximate surface area is 122 Å². The van der Waals surface area contributed by atoms with Gasteiger partial charge in [0.05, 0.1) is 0 Å². The normalized spacial score (nSPS) is 14.6. The molecular weight excluding hydrogens is 230 g/mol. The van der Waals surface area contributed by atoms with Crippen LogP contribution in [0.4, 0.5) is 0 Å². The smallest absolute Gasteiger partial charge is 0.00583 e. The third kappa shape index (κ3) is 12.4. The van der Waals surface area contributed by atoms with Crippen LogP contribution in [-0.4, -0.2) is 5.71 Å². The van der Waals surface area contributed by atoms with Crippen LogP contribution in [0.15, 0.2) is 0 Å². The van der Waals surface area contributed by atoms with Gasteiger partial charge in [-0.2, -0.15) is 0 Å². The van der Waals surface area contributed by atoms with Gasteiger partial charge in [-0.05, 0) is 37.5 Å². The van der Waals surface area contributed by atoms with Crippen LogP contribution in [0.2, 0.25) is 0 Å². The van der Waals surface area contributed by atoms with Crippen LogP contribution in [0, 0.1) is 23.2 Å². The summed E-state index contributed by atoms with van der Waals surface area (Å²) in [5.41, 5.74) is 0.848. The Morgan fingerprint density at radius 1 is 0.895 bits per heavy atom. The average Bonchev–Trinajstić information content (AvgIpc) is 2.32. The molecule has 2 atom stereocenters. The Bertz CT molecular complexity index is 220. The maximum atomic E-state index is 7.52. The topological polar surface area (TPSA) is 23.9 Å². The van der Waals surface area contributed by atoms with Gasteiger partial charge in [0.1, 0.15) is 0 Å². The van der Waals surface area contributed by atoms with Gasteiger partial charge in [0.15, 0.2) is 0 Å². The fourth-order valence-electron chi connectivity index (χ4n) is 2.75. The Balaban J connectivity index is 3.60. The number of hydrogen-bond acceptors (Lipinski definition) is 1. The van der Waals surface area contributed by atoms with E-state index in [0.29, 0.717) is 0 Å². The van der Waals surface area contributed by atoms with E-state index in [-0.39, 0.29) is 0 Å². The first-order valence-corrected chi connectivity index (χ1v) is 8.49. The first-order chi connectivity index (χ1) is 8.95. The lowest BCUT2D eigenvalue weighted by molar-refractivity contribution is 0.376. The molecule has 1 heteroatoms. The Morgan fingerprint density at radius 3 is 1.95 bits per heavy atom. The summed E-state index contributed by atoms with van der Waals surface area (Å²) in [5, 5.41) is 7.52. The molecule has 0 aromatic heterocycles. The fourth-order valence-corrected chi connectivity index (χ4v) is 2.75. The molecule has 114 valence electrons. The van der Waals surface area contributed by atoms with Crippen LogP contribution in [0.1, 0.15) is 92.4 Å². The quantitative estimate of drug-likeness (QED) is 0.392. The molecule has 0 spiro atoms. The first-order valence-electron chi connectivity index (χ1n) is 8.49. The third-order valence-corrected chi connectivity index (χ3v) is 4.29. The summed E-state index contributed by atoms with van der Waals surface area (Å²) in [6, 6.07) is 0. The lowest BCUT2D eigenvalue weighted by Gasteiger charge is -2.16. The van der Waals surface area contributed by atoms with Gasteiger partial charge >= 0.3 is 0 Å². The summed E-state index contributed by atoms with van der Waals surface area (Å²) < 4.78 is 0. The highest BCUT2D eigenvalue weighted by Gasteiger charge is 2.08. The Morgan fingerprint density at radius 2 is 1.47 bits per heavy atom. The van der Waals surface area contributed by atoms with Crippen molar-refractivity contribution in [3.8, 4) is 0 Å². The van der Waals surface area contributed by atoms with E-state index in [0.717, 1.165) is 29.9 Å². The summed E-state index contributed by atoms with van der Waals surface area (Å²) in [4.78, 5) is 0. The molecule has 0 saturated heterocycles. The van der Waals surface area contributed by atoms with Crippen molar-refractivity contribution in [2.24, 2.45) is 17.8 Å². The highest BCUT2D eigenvalue weighted by Crippen LogP contribution is 2.22. The molecule has 0 aliphatic heterocycles. The van der Waals surface area contributed by atoms with Gasteiger partial charge in [0, 0.05) is 5.71 Å². The first kappa shape index (κ1) is 18.7. The van der Waals surface area contributed by atoms with Crippen molar-refractivity contribution >= 4 is 5.71 Å². The molecule has 1 N–H and O–H groups in total. The molecule has 1 nitrogen and oxygen atoms in total. The van der Waals surface area contributed by atoms with E-state index in [2.05, 4.69) is 27.7 Å². The van der Waals surface area contributed by atoms with Crippen LogP contribution >= 0.6 is 0 Å². The molecule has 19 heavy (non-hydrogen) atoms.